The molecule has 1 aliphatic rings. The van der Waals surface area contributed by atoms with E-state index in [1.807, 2.05) is 12.1 Å². The highest BCUT2D eigenvalue weighted by molar-refractivity contribution is 7.17. The lowest BCUT2D eigenvalue weighted by atomic mass is 10.0. The number of hydrogen-bond donors (Lipinski definition) is 1. The molecule has 1 atom stereocenters. The molecular formula is C18H17N3O2S. The average molecular weight is 339 g/mol. The number of hydrogen-bond acceptors (Lipinski definition) is 6. The van der Waals surface area contributed by atoms with Crippen molar-refractivity contribution in [2.75, 3.05) is 12.4 Å². The number of nitrogens with zero attached hydrogens (tertiary/aromatic N) is 2. The molecule has 1 unspecified atom stereocenters. The Morgan fingerprint density at radius 2 is 2.21 bits per heavy atom. The lowest BCUT2D eigenvalue weighted by molar-refractivity contribution is 0.0599. The minimum atomic E-state index is -0.273. The fraction of sp³-hybridized carbons (Fsp3) is 0.278. The number of carbonyl (C=O) groups excluding carboxylic acids is 1. The van der Waals surface area contributed by atoms with E-state index < -0.39 is 0 Å². The first kappa shape index (κ1) is 15.1. The van der Waals surface area contributed by atoms with Gasteiger partial charge in [0.25, 0.3) is 0 Å². The molecule has 2 heterocycles. The van der Waals surface area contributed by atoms with Gasteiger partial charge in [-0.3, -0.25) is 0 Å². The molecule has 2 aromatic heterocycles. The van der Waals surface area contributed by atoms with Gasteiger partial charge in [-0.25, -0.2) is 14.8 Å². The molecule has 1 N–H and O–H groups in total. The molecule has 0 saturated heterocycles. The van der Waals surface area contributed by atoms with Crippen molar-refractivity contribution in [1.29, 1.82) is 0 Å². The van der Waals surface area contributed by atoms with Crippen molar-refractivity contribution < 1.29 is 9.53 Å². The molecule has 0 aliphatic heterocycles. The number of aromatic nitrogens is 2. The number of carbonyl (C=O) groups is 1. The molecule has 5 nitrogen and oxygen atoms in total. The molecule has 6 heteroatoms. The highest BCUT2D eigenvalue weighted by atomic mass is 32.1. The number of nitrogens with one attached hydrogen (secondary N) is 1. The fourth-order valence-electron chi connectivity index (χ4n) is 3.37. The molecule has 0 bridgehead atoms. The van der Waals surface area contributed by atoms with Crippen molar-refractivity contribution in [3.05, 3.63) is 52.2 Å². The quantitative estimate of drug-likeness (QED) is 0.741. The zero-order valence-corrected chi connectivity index (χ0v) is 14.3. The summed E-state index contributed by atoms with van der Waals surface area (Å²) in [7, 11) is 1.42. The van der Waals surface area contributed by atoms with E-state index >= 15 is 0 Å². The Morgan fingerprint density at radius 3 is 3.04 bits per heavy atom. The lowest BCUT2D eigenvalue weighted by Gasteiger charge is -2.14. The summed E-state index contributed by atoms with van der Waals surface area (Å²) >= 11 is 1.63. The molecule has 1 aliphatic carbocycles. The van der Waals surface area contributed by atoms with Gasteiger partial charge < -0.3 is 10.1 Å². The fourth-order valence-corrected chi connectivity index (χ4v) is 4.26. The third-order valence-electron chi connectivity index (χ3n) is 4.49. The van der Waals surface area contributed by atoms with Gasteiger partial charge in [0.05, 0.1) is 18.1 Å². The summed E-state index contributed by atoms with van der Waals surface area (Å²) in [6.07, 6.45) is 3.26. The van der Waals surface area contributed by atoms with Gasteiger partial charge in [-0.2, -0.15) is 0 Å². The van der Waals surface area contributed by atoms with E-state index in [1.54, 1.807) is 17.7 Å². The van der Waals surface area contributed by atoms with Crippen molar-refractivity contribution in [1.82, 2.24) is 9.97 Å². The van der Waals surface area contributed by atoms with Gasteiger partial charge in [0, 0.05) is 6.04 Å². The summed E-state index contributed by atoms with van der Waals surface area (Å²) in [5.41, 5.74) is 4.12. The van der Waals surface area contributed by atoms with Crippen molar-refractivity contribution >= 4 is 33.3 Å². The maximum atomic E-state index is 12.0. The van der Waals surface area contributed by atoms with Crippen LogP contribution in [-0.4, -0.2) is 29.1 Å². The first-order valence-corrected chi connectivity index (χ1v) is 8.69. The van der Waals surface area contributed by atoms with Crippen LogP contribution in [0, 0.1) is 6.92 Å². The van der Waals surface area contributed by atoms with Crippen LogP contribution < -0.4 is 5.32 Å². The Kier molecular flexibility index (Phi) is 3.69. The van der Waals surface area contributed by atoms with Crippen molar-refractivity contribution in [3.63, 3.8) is 0 Å². The zero-order valence-electron chi connectivity index (χ0n) is 13.5. The normalized spacial score (nSPS) is 16.2. The number of esters is 1. The van der Waals surface area contributed by atoms with E-state index in [2.05, 4.69) is 33.7 Å². The van der Waals surface area contributed by atoms with E-state index in [-0.39, 0.29) is 12.0 Å². The number of thiophene rings is 1. The van der Waals surface area contributed by atoms with Gasteiger partial charge in [0.1, 0.15) is 17.0 Å². The van der Waals surface area contributed by atoms with Crippen molar-refractivity contribution in [2.45, 2.75) is 25.8 Å². The number of ether oxygens (including phenoxy) is 1. The first-order chi connectivity index (χ1) is 11.7. The molecule has 0 amide bonds. The Bertz CT molecular complexity index is 935. The molecule has 122 valence electrons. The Balaban J connectivity index is 1.63. The summed E-state index contributed by atoms with van der Waals surface area (Å²) in [5.74, 6) is 0.599. The summed E-state index contributed by atoms with van der Waals surface area (Å²) in [4.78, 5) is 21.7. The summed E-state index contributed by atoms with van der Waals surface area (Å²) < 4.78 is 4.90. The molecule has 3 aromatic rings. The number of anilines is 1. The SMILES string of the molecule is COC(=O)c1cccc2c1CC(Nc1ncnc3scc(C)c13)C2. The van der Waals surface area contributed by atoms with Gasteiger partial charge in [0.15, 0.2) is 0 Å². The van der Waals surface area contributed by atoms with Gasteiger partial charge in [-0.15, -0.1) is 11.3 Å². The van der Waals surface area contributed by atoms with Crippen LogP contribution in [0.2, 0.25) is 0 Å². The molecular weight excluding hydrogens is 322 g/mol. The monoisotopic (exact) mass is 339 g/mol. The Labute approximate surface area is 143 Å². The second-order valence-corrected chi connectivity index (χ2v) is 6.86. The van der Waals surface area contributed by atoms with Crippen LogP contribution in [-0.2, 0) is 17.6 Å². The minimum Gasteiger partial charge on any atom is -0.465 e. The molecule has 24 heavy (non-hydrogen) atoms. The van der Waals surface area contributed by atoms with Crippen LogP contribution in [0.4, 0.5) is 5.82 Å². The van der Waals surface area contributed by atoms with Crippen LogP contribution in [0.3, 0.4) is 0 Å². The molecule has 1 aromatic carbocycles. The molecule has 4 rings (SSSR count). The number of rotatable bonds is 3. The van der Waals surface area contributed by atoms with Gasteiger partial charge in [-0.1, -0.05) is 12.1 Å². The van der Waals surface area contributed by atoms with E-state index in [4.69, 9.17) is 4.74 Å². The minimum absolute atomic E-state index is 0.211. The number of aryl methyl sites for hydroxylation is 1. The molecule has 0 radical (unpaired) electrons. The van der Waals surface area contributed by atoms with Crippen molar-refractivity contribution in [2.24, 2.45) is 0 Å². The maximum absolute atomic E-state index is 12.0. The van der Waals surface area contributed by atoms with E-state index in [9.17, 15) is 4.79 Å². The van der Waals surface area contributed by atoms with Crippen LogP contribution in [0.25, 0.3) is 10.2 Å². The van der Waals surface area contributed by atoms with Gasteiger partial charge in [0.2, 0.25) is 0 Å². The maximum Gasteiger partial charge on any atom is 0.338 e. The average Bonchev–Trinajstić information content (AvgIpc) is 3.17. The van der Waals surface area contributed by atoms with E-state index in [0.717, 1.165) is 34.4 Å². The lowest BCUT2D eigenvalue weighted by Crippen LogP contribution is -2.20. The number of benzene rings is 1. The van der Waals surface area contributed by atoms with E-state index in [1.165, 1.54) is 18.2 Å². The van der Waals surface area contributed by atoms with Crippen LogP contribution in [0.15, 0.2) is 29.9 Å². The Morgan fingerprint density at radius 1 is 1.33 bits per heavy atom. The Hall–Kier alpha value is -2.47. The first-order valence-electron chi connectivity index (χ1n) is 7.81. The highest BCUT2D eigenvalue weighted by Gasteiger charge is 2.27. The summed E-state index contributed by atoms with van der Waals surface area (Å²) in [5, 5.41) is 6.74. The predicted molar refractivity (Wildman–Crippen MR) is 94.8 cm³/mol. The second-order valence-electron chi connectivity index (χ2n) is 6.01. The topological polar surface area (TPSA) is 64.1 Å². The van der Waals surface area contributed by atoms with E-state index in [0.29, 0.717) is 5.56 Å². The van der Waals surface area contributed by atoms with Crippen LogP contribution in [0.1, 0.15) is 27.0 Å². The molecule has 0 spiro atoms. The smallest absolute Gasteiger partial charge is 0.338 e. The number of fused-ring (bicyclic) bond motifs is 2. The second kappa shape index (κ2) is 5.87. The standard InChI is InChI=1S/C18H17N3O2S/c1-10-8-24-17-15(10)16(19-9-20-17)21-12-6-11-4-3-5-13(14(11)7-12)18(22)23-2/h3-5,8-9,12H,6-7H2,1-2H3,(H,19,20,21). The van der Waals surface area contributed by atoms with Crippen LogP contribution >= 0.6 is 11.3 Å². The highest BCUT2D eigenvalue weighted by Crippen LogP contribution is 2.32. The largest absolute Gasteiger partial charge is 0.465 e. The zero-order chi connectivity index (χ0) is 16.7. The van der Waals surface area contributed by atoms with Gasteiger partial charge >= 0.3 is 5.97 Å². The third kappa shape index (κ3) is 2.43. The number of methoxy groups -OCH3 is 1. The summed E-state index contributed by atoms with van der Waals surface area (Å²) in [6.45, 7) is 2.08. The van der Waals surface area contributed by atoms with Gasteiger partial charge in [-0.05, 0) is 47.9 Å². The van der Waals surface area contributed by atoms with Crippen molar-refractivity contribution in [3.8, 4) is 0 Å². The van der Waals surface area contributed by atoms with Crippen LogP contribution in [0.5, 0.6) is 0 Å². The third-order valence-corrected chi connectivity index (χ3v) is 5.49. The molecule has 0 fully saturated rings. The molecule has 0 saturated carbocycles. The predicted octanol–water partition coefficient (Wildman–Crippen LogP) is 3.37. The summed E-state index contributed by atoms with van der Waals surface area (Å²) in [6, 6.07) is 6.04.